The van der Waals surface area contributed by atoms with E-state index in [-0.39, 0.29) is 17.8 Å². The van der Waals surface area contributed by atoms with E-state index in [9.17, 15) is 9.18 Å². The van der Waals surface area contributed by atoms with Gasteiger partial charge in [-0.2, -0.15) is 0 Å². The summed E-state index contributed by atoms with van der Waals surface area (Å²) in [6.07, 6.45) is 1.92. The molecule has 0 saturated carbocycles. The average molecular weight is 417 g/mol. The number of hydrogen-bond donors (Lipinski definition) is 0. The van der Waals surface area contributed by atoms with Gasteiger partial charge in [0, 0.05) is 11.5 Å². The number of fused-ring (bicyclic) bond motifs is 1. The zero-order chi connectivity index (χ0) is 19.5. The van der Waals surface area contributed by atoms with E-state index in [1.165, 1.54) is 23.5 Å². The Labute approximate surface area is 171 Å². The van der Waals surface area contributed by atoms with Gasteiger partial charge in [-0.15, -0.1) is 11.8 Å². The van der Waals surface area contributed by atoms with E-state index >= 15 is 0 Å². The zero-order valence-electron chi connectivity index (χ0n) is 15.6. The number of thioether (sulfide) groups is 1. The van der Waals surface area contributed by atoms with Crippen LogP contribution in [0.15, 0.2) is 47.4 Å². The van der Waals surface area contributed by atoms with E-state index in [2.05, 4.69) is 11.9 Å². The number of benzene rings is 2. The van der Waals surface area contributed by atoms with Crippen LogP contribution in [0.2, 0.25) is 0 Å². The van der Waals surface area contributed by atoms with Gasteiger partial charge >= 0.3 is 0 Å². The number of hydrogen-bond acceptors (Lipinski definition) is 5. The van der Waals surface area contributed by atoms with Gasteiger partial charge in [0.15, 0.2) is 5.13 Å². The maximum absolute atomic E-state index is 13.6. The van der Waals surface area contributed by atoms with Gasteiger partial charge in [0.25, 0.3) is 5.91 Å². The van der Waals surface area contributed by atoms with Gasteiger partial charge in [-0.25, -0.2) is 9.37 Å². The second-order valence-electron chi connectivity index (χ2n) is 6.59. The Morgan fingerprint density at radius 2 is 2.21 bits per heavy atom. The third-order valence-corrected chi connectivity index (χ3v) is 6.64. The van der Waals surface area contributed by atoms with E-state index in [0.29, 0.717) is 22.8 Å². The summed E-state index contributed by atoms with van der Waals surface area (Å²) in [5.74, 6) is 0.493. The first-order chi connectivity index (χ1) is 13.7. The lowest BCUT2D eigenvalue weighted by atomic mass is 10.1. The molecule has 3 aromatic rings. The van der Waals surface area contributed by atoms with Gasteiger partial charge in [0.05, 0.1) is 28.4 Å². The van der Waals surface area contributed by atoms with Crippen LogP contribution in [0.5, 0.6) is 0 Å². The summed E-state index contributed by atoms with van der Waals surface area (Å²) >= 11 is 2.98. The molecular formula is C21H21FN2O2S2. The van der Waals surface area contributed by atoms with Crippen LogP contribution in [0.3, 0.4) is 0 Å². The summed E-state index contributed by atoms with van der Waals surface area (Å²) in [5, 5.41) is 0.581. The molecule has 0 bridgehead atoms. The normalized spacial score (nSPS) is 16.6. The molecule has 2 heterocycles. The average Bonchev–Trinajstić information content (AvgIpc) is 3.35. The van der Waals surface area contributed by atoms with E-state index < -0.39 is 0 Å². The number of carbonyl (C=O) groups is 1. The quantitative estimate of drug-likeness (QED) is 0.507. The summed E-state index contributed by atoms with van der Waals surface area (Å²) in [6, 6.07) is 12.2. The molecule has 0 radical (unpaired) electrons. The molecule has 1 amide bonds. The lowest BCUT2D eigenvalue weighted by Crippen LogP contribution is -2.37. The molecule has 1 unspecified atom stereocenters. The Kier molecular flexibility index (Phi) is 5.94. The van der Waals surface area contributed by atoms with E-state index in [1.54, 1.807) is 22.7 Å². The minimum absolute atomic E-state index is 0.00121. The predicted octanol–water partition coefficient (Wildman–Crippen LogP) is 5.37. The summed E-state index contributed by atoms with van der Waals surface area (Å²) in [4.78, 5) is 20.8. The molecule has 1 saturated heterocycles. The van der Waals surface area contributed by atoms with Gasteiger partial charge in [-0.3, -0.25) is 9.69 Å². The lowest BCUT2D eigenvalue weighted by Gasteiger charge is -2.24. The van der Waals surface area contributed by atoms with Crippen molar-refractivity contribution in [1.29, 1.82) is 0 Å². The number of aromatic nitrogens is 1. The maximum atomic E-state index is 13.6. The lowest BCUT2D eigenvalue weighted by molar-refractivity contribution is 0.0915. The largest absolute Gasteiger partial charge is 0.376 e. The van der Waals surface area contributed by atoms with Crippen molar-refractivity contribution in [3.8, 4) is 0 Å². The number of thiazole rings is 1. The first kappa shape index (κ1) is 19.4. The van der Waals surface area contributed by atoms with Crippen molar-refractivity contribution >= 4 is 44.4 Å². The van der Waals surface area contributed by atoms with E-state index in [4.69, 9.17) is 4.74 Å². The standard InChI is InChI=1S/C21H21FN2O2S2/c1-2-27-18-8-4-3-7-16(18)20(25)24(13-15-6-5-11-26-15)21-23-17-10-9-14(22)12-19(17)28-21/h3-4,7-10,12,15H,2,5-6,11,13H2,1H3. The summed E-state index contributed by atoms with van der Waals surface area (Å²) in [7, 11) is 0. The van der Waals surface area contributed by atoms with Crippen LogP contribution in [0.1, 0.15) is 30.1 Å². The van der Waals surface area contributed by atoms with Gasteiger partial charge in [0.2, 0.25) is 0 Å². The van der Waals surface area contributed by atoms with Crippen molar-refractivity contribution in [2.24, 2.45) is 0 Å². The highest BCUT2D eigenvalue weighted by Gasteiger charge is 2.28. The van der Waals surface area contributed by atoms with Gasteiger partial charge in [0.1, 0.15) is 5.82 Å². The Hall–Kier alpha value is -1.96. The second-order valence-corrected chi connectivity index (χ2v) is 8.90. The van der Waals surface area contributed by atoms with Gasteiger partial charge < -0.3 is 4.74 Å². The Morgan fingerprint density at radius 3 is 3.00 bits per heavy atom. The Balaban J connectivity index is 1.73. The van der Waals surface area contributed by atoms with Crippen molar-refractivity contribution < 1.29 is 13.9 Å². The SMILES string of the molecule is CCSc1ccccc1C(=O)N(CC1CCCO1)c1nc2ccc(F)cc2s1. The molecule has 1 aliphatic heterocycles. The number of amides is 1. The van der Waals surface area contributed by atoms with E-state index in [1.807, 2.05) is 24.3 Å². The molecule has 1 aromatic heterocycles. The van der Waals surface area contributed by atoms with Crippen LogP contribution in [0.25, 0.3) is 10.2 Å². The van der Waals surface area contributed by atoms with Crippen LogP contribution in [-0.2, 0) is 4.74 Å². The fourth-order valence-corrected chi connectivity index (χ4v) is 5.11. The molecule has 1 fully saturated rings. The molecule has 4 rings (SSSR count). The Morgan fingerprint density at radius 1 is 1.36 bits per heavy atom. The minimum atomic E-state index is -0.301. The molecule has 1 aliphatic rings. The third kappa shape index (κ3) is 4.06. The fraction of sp³-hybridized carbons (Fsp3) is 0.333. The number of carbonyl (C=O) groups excluding carboxylic acids is 1. The Bertz CT molecular complexity index is 985. The smallest absolute Gasteiger partial charge is 0.261 e. The summed E-state index contributed by atoms with van der Waals surface area (Å²) in [5.41, 5.74) is 1.36. The summed E-state index contributed by atoms with van der Waals surface area (Å²) in [6.45, 7) is 3.24. The minimum Gasteiger partial charge on any atom is -0.376 e. The third-order valence-electron chi connectivity index (χ3n) is 4.64. The van der Waals surface area contributed by atoms with Crippen LogP contribution in [0.4, 0.5) is 9.52 Å². The molecule has 7 heteroatoms. The second kappa shape index (κ2) is 8.59. The van der Waals surface area contributed by atoms with Crippen LogP contribution >= 0.6 is 23.1 Å². The predicted molar refractivity (Wildman–Crippen MR) is 113 cm³/mol. The zero-order valence-corrected chi connectivity index (χ0v) is 17.2. The van der Waals surface area contributed by atoms with Crippen LogP contribution < -0.4 is 4.90 Å². The van der Waals surface area contributed by atoms with Gasteiger partial charge in [-0.05, 0) is 48.9 Å². The number of anilines is 1. The van der Waals surface area contributed by atoms with Crippen molar-refractivity contribution in [1.82, 2.24) is 4.98 Å². The van der Waals surface area contributed by atoms with Crippen LogP contribution in [0, 0.1) is 5.82 Å². The topological polar surface area (TPSA) is 42.4 Å². The van der Waals surface area contributed by atoms with E-state index in [0.717, 1.165) is 34.8 Å². The highest BCUT2D eigenvalue weighted by Crippen LogP contribution is 2.33. The number of rotatable bonds is 6. The van der Waals surface area contributed by atoms with Crippen LogP contribution in [-0.4, -0.2) is 35.9 Å². The molecular weight excluding hydrogens is 395 g/mol. The molecule has 0 N–H and O–H groups in total. The van der Waals surface area contributed by atoms with Crippen molar-refractivity contribution in [2.75, 3.05) is 23.8 Å². The number of halogens is 1. The molecule has 146 valence electrons. The van der Waals surface area contributed by atoms with Gasteiger partial charge in [-0.1, -0.05) is 30.4 Å². The number of ether oxygens (including phenoxy) is 1. The van der Waals surface area contributed by atoms with Crippen molar-refractivity contribution in [3.05, 3.63) is 53.8 Å². The molecule has 2 aromatic carbocycles. The maximum Gasteiger partial charge on any atom is 0.261 e. The summed E-state index contributed by atoms with van der Waals surface area (Å²) < 4.78 is 20.1. The van der Waals surface area contributed by atoms with Crippen molar-refractivity contribution in [3.63, 3.8) is 0 Å². The highest BCUT2D eigenvalue weighted by atomic mass is 32.2. The van der Waals surface area contributed by atoms with Crippen molar-refractivity contribution in [2.45, 2.75) is 30.8 Å². The fourth-order valence-electron chi connectivity index (χ4n) is 3.31. The monoisotopic (exact) mass is 416 g/mol. The number of nitrogens with zero attached hydrogens (tertiary/aromatic N) is 2. The molecule has 0 spiro atoms. The molecule has 28 heavy (non-hydrogen) atoms. The highest BCUT2D eigenvalue weighted by molar-refractivity contribution is 7.99. The first-order valence-electron chi connectivity index (χ1n) is 9.37. The molecule has 0 aliphatic carbocycles. The molecule has 1 atom stereocenters. The first-order valence-corrected chi connectivity index (χ1v) is 11.2. The molecule has 4 nitrogen and oxygen atoms in total.